The summed E-state index contributed by atoms with van der Waals surface area (Å²) in [5, 5.41) is 0. The van der Waals surface area contributed by atoms with Crippen LogP contribution in [0, 0.1) is 5.41 Å². The molecule has 0 aromatic heterocycles. The molecular weight excluding hydrogens is 292 g/mol. The van der Waals surface area contributed by atoms with Gasteiger partial charge < -0.3 is 5.73 Å². The van der Waals surface area contributed by atoms with E-state index in [9.17, 15) is 8.42 Å². The van der Waals surface area contributed by atoms with Gasteiger partial charge >= 0.3 is 0 Å². The minimum atomic E-state index is -3.19. The lowest BCUT2D eigenvalue weighted by atomic mass is 9.93. The normalized spacial score (nSPS) is 12.6. The number of rotatable bonds is 7. The lowest BCUT2D eigenvalue weighted by Crippen LogP contribution is -2.30. The summed E-state index contributed by atoms with van der Waals surface area (Å²) in [4.78, 5) is 0.995. The second-order valence-electron chi connectivity index (χ2n) is 5.94. The first-order valence-corrected chi connectivity index (χ1v) is 9.27. The van der Waals surface area contributed by atoms with Gasteiger partial charge in [-0.05, 0) is 30.0 Å². The van der Waals surface area contributed by atoms with Crippen molar-refractivity contribution in [1.82, 2.24) is 4.72 Å². The Labute approximate surface area is 126 Å². The Kier molecular flexibility index (Phi) is 6.36. The van der Waals surface area contributed by atoms with Gasteiger partial charge in [0, 0.05) is 22.9 Å². The summed E-state index contributed by atoms with van der Waals surface area (Å²) in [6, 6.07) is 7.47. The van der Waals surface area contributed by atoms with Crippen LogP contribution in [0.1, 0.15) is 27.2 Å². The highest BCUT2D eigenvalue weighted by atomic mass is 32.2. The number of nitrogens with one attached hydrogen (secondary N) is 1. The number of hydrogen-bond acceptors (Lipinski definition) is 4. The highest BCUT2D eigenvalue weighted by molar-refractivity contribution is 8.00. The van der Waals surface area contributed by atoms with Crippen molar-refractivity contribution in [3.05, 3.63) is 24.3 Å². The Morgan fingerprint density at radius 3 is 2.60 bits per heavy atom. The molecular formula is C14H24N2O2S2. The number of hydrogen-bond donors (Lipinski definition) is 2. The molecule has 0 radical (unpaired) electrons. The molecule has 0 bridgehead atoms. The lowest BCUT2D eigenvalue weighted by molar-refractivity contribution is 0.378. The van der Waals surface area contributed by atoms with Gasteiger partial charge in [0.05, 0.1) is 5.75 Å². The Balaban J connectivity index is 2.33. The van der Waals surface area contributed by atoms with Crippen LogP contribution in [-0.2, 0) is 10.0 Å². The molecule has 0 spiro atoms. The van der Waals surface area contributed by atoms with Crippen molar-refractivity contribution in [2.24, 2.45) is 5.41 Å². The van der Waals surface area contributed by atoms with Crippen molar-refractivity contribution in [1.29, 1.82) is 0 Å². The van der Waals surface area contributed by atoms with Crippen LogP contribution in [0.4, 0.5) is 5.69 Å². The fourth-order valence-corrected chi connectivity index (χ4v) is 3.93. The van der Waals surface area contributed by atoms with E-state index in [4.69, 9.17) is 5.73 Å². The first-order chi connectivity index (χ1) is 9.18. The van der Waals surface area contributed by atoms with Crippen LogP contribution in [-0.4, -0.2) is 26.5 Å². The summed E-state index contributed by atoms with van der Waals surface area (Å²) in [6.45, 7) is 6.78. The van der Waals surface area contributed by atoms with E-state index in [1.807, 2.05) is 24.3 Å². The van der Waals surface area contributed by atoms with E-state index in [1.165, 1.54) is 11.8 Å². The van der Waals surface area contributed by atoms with Crippen molar-refractivity contribution in [3.63, 3.8) is 0 Å². The van der Waals surface area contributed by atoms with Crippen LogP contribution in [0.5, 0.6) is 0 Å². The first kappa shape index (κ1) is 17.3. The average Bonchev–Trinajstić information content (AvgIpc) is 2.26. The summed E-state index contributed by atoms with van der Waals surface area (Å²) in [6.07, 6.45) is 0.828. The molecule has 0 heterocycles. The molecule has 0 atom stereocenters. The maximum Gasteiger partial charge on any atom is 0.212 e. The SMILES string of the molecule is CC(C)(C)CCNS(=O)(=O)CCSc1cccc(N)c1. The van der Waals surface area contributed by atoms with Crippen molar-refractivity contribution < 1.29 is 8.42 Å². The van der Waals surface area contributed by atoms with E-state index >= 15 is 0 Å². The van der Waals surface area contributed by atoms with E-state index in [1.54, 1.807) is 0 Å². The van der Waals surface area contributed by atoms with Gasteiger partial charge in [-0.1, -0.05) is 26.8 Å². The van der Waals surface area contributed by atoms with Gasteiger partial charge in [0.15, 0.2) is 0 Å². The molecule has 0 saturated heterocycles. The van der Waals surface area contributed by atoms with Crippen LogP contribution >= 0.6 is 11.8 Å². The maximum absolute atomic E-state index is 11.8. The highest BCUT2D eigenvalue weighted by Crippen LogP contribution is 2.20. The third kappa shape index (κ3) is 7.77. The molecule has 6 heteroatoms. The van der Waals surface area contributed by atoms with Crippen LogP contribution in [0.15, 0.2) is 29.2 Å². The van der Waals surface area contributed by atoms with Crippen molar-refractivity contribution in [3.8, 4) is 0 Å². The zero-order chi connectivity index (χ0) is 15.2. The topological polar surface area (TPSA) is 72.2 Å². The van der Waals surface area contributed by atoms with Gasteiger partial charge in [-0.3, -0.25) is 0 Å². The standard InChI is InChI=1S/C14H24N2O2S2/c1-14(2,3)7-8-16-20(17,18)10-9-19-13-6-4-5-12(15)11-13/h4-6,11,16H,7-10,15H2,1-3H3. The molecule has 3 N–H and O–H groups in total. The maximum atomic E-state index is 11.8. The van der Waals surface area contributed by atoms with Gasteiger partial charge in [0.25, 0.3) is 0 Å². The quantitative estimate of drug-likeness (QED) is 0.599. The number of thioether (sulfide) groups is 1. The predicted molar refractivity (Wildman–Crippen MR) is 87.4 cm³/mol. The molecule has 20 heavy (non-hydrogen) atoms. The number of nitrogens with two attached hydrogens (primary N) is 1. The summed E-state index contributed by atoms with van der Waals surface area (Å²) in [5.74, 6) is 0.644. The van der Waals surface area contributed by atoms with E-state index < -0.39 is 10.0 Å². The highest BCUT2D eigenvalue weighted by Gasteiger charge is 2.14. The first-order valence-electron chi connectivity index (χ1n) is 6.64. The molecule has 0 amide bonds. The van der Waals surface area contributed by atoms with Crippen LogP contribution in [0.3, 0.4) is 0 Å². The fourth-order valence-electron chi connectivity index (χ4n) is 1.53. The van der Waals surface area contributed by atoms with Crippen LogP contribution in [0.25, 0.3) is 0 Å². The molecule has 0 saturated carbocycles. The average molecular weight is 316 g/mol. The molecule has 0 unspecified atom stereocenters. The minimum Gasteiger partial charge on any atom is -0.399 e. The van der Waals surface area contributed by atoms with Crippen LogP contribution in [0.2, 0.25) is 0 Å². The Bertz CT molecular complexity index is 522. The minimum absolute atomic E-state index is 0.122. The molecule has 0 aliphatic carbocycles. The number of sulfonamides is 1. The molecule has 1 aromatic rings. The van der Waals surface area contributed by atoms with Gasteiger partial charge in [-0.25, -0.2) is 13.1 Å². The summed E-state index contributed by atoms with van der Waals surface area (Å²) in [5.41, 5.74) is 6.51. The van der Waals surface area contributed by atoms with E-state index in [2.05, 4.69) is 25.5 Å². The monoisotopic (exact) mass is 316 g/mol. The van der Waals surface area contributed by atoms with Crippen molar-refractivity contribution >= 4 is 27.5 Å². The summed E-state index contributed by atoms with van der Waals surface area (Å²) >= 11 is 1.50. The third-order valence-electron chi connectivity index (χ3n) is 2.68. The second-order valence-corrected chi connectivity index (χ2v) is 9.04. The zero-order valence-corrected chi connectivity index (χ0v) is 14.0. The van der Waals surface area contributed by atoms with Crippen LogP contribution < -0.4 is 10.5 Å². The second kappa shape index (κ2) is 7.33. The van der Waals surface area contributed by atoms with Gasteiger partial charge in [-0.2, -0.15) is 0 Å². The largest absolute Gasteiger partial charge is 0.399 e. The predicted octanol–water partition coefficient (Wildman–Crippen LogP) is 2.72. The Morgan fingerprint density at radius 1 is 1.30 bits per heavy atom. The number of benzene rings is 1. The number of nitrogen functional groups attached to an aromatic ring is 1. The summed E-state index contributed by atoms with van der Waals surface area (Å²) < 4.78 is 26.3. The van der Waals surface area contributed by atoms with Gasteiger partial charge in [0.2, 0.25) is 10.0 Å². The van der Waals surface area contributed by atoms with Gasteiger partial charge in [-0.15, -0.1) is 11.8 Å². The molecule has 0 fully saturated rings. The van der Waals surface area contributed by atoms with E-state index in [0.717, 1.165) is 11.3 Å². The summed E-state index contributed by atoms with van der Waals surface area (Å²) in [7, 11) is -3.19. The Hall–Kier alpha value is -0.720. The number of anilines is 1. The fraction of sp³-hybridized carbons (Fsp3) is 0.571. The van der Waals surface area contributed by atoms with E-state index in [0.29, 0.717) is 18.0 Å². The van der Waals surface area contributed by atoms with E-state index in [-0.39, 0.29) is 11.2 Å². The molecule has 4 nitrogen and oxygen atoms in total. The Morgan fingerprint density at radius 2 is 2.00 bits per heavy atom. The zero-order valence-electron chi connectivity index (χ0n) is 12.3. The molecule has 0 aliphatic rings. The lowest BCUT2D eigenvalue weighted by Gasteiger charge is -2.18. The third-order valence-corrected chi connectivity index (χ3v) is 5.32. The molecule has 0 aliphatic heterocycles. The molecule has 1 aromatic carbocycles. The van der Waals surface area contributed by atoms with Gasteiger partial charge in [0.1, 0.15) is 0 Å². The smallest absolute Gasteiger partial charge is 0.212 e. The van der Waals surface area contributed by atoms with Crippen molar-refractivity contribution in [2.45, 2.75) is 32.1 Å². The van der Waals surface area contributed by atoms with Crippen molar-refractivity contribution in [2.75, 3.05) is 23.8 Å². The molecule has 1 rings (SSSR count). The molecule has 114 valence electrons.